The van der Waals surface area contributed by atoms with E-state index in [0.29, 0.717) is 12.3 Å². The van der Waals surface area contributed by atoms with Crippen molar-refractivity contribution in [1.29, 1.82) is 0 Å². The first-order valence-electron chi connectivity index (χ1n) is 12.7. The van der Waals surface area contributed by atoms with Gasteiger partial charge in [0.05, 0.1) is 6.04 Å². The zero-order valence-electron chi connectivity index (χ0n) is 19.9. The molecule has 0 aromatic heterocycles. The number of carbonyl (C=O) groups is 2. The monoisotopic (exact) mass is 479 g/mol. The number of imide groups is 1. The summed E-state index contributed by atoms with van der Waals surface area (Å²) in [5.74, 6) is 0.0914. The summed E-state index contributed by atoms with van der Waals surface area (Å²) in [6.07, 6.45) is 4.11. The van der Waals surface area contributed by atoms with Gasteiger partial charge < -0.3 is 10.2 Å². The Kier molecular flexibility index (Phi) is 7.13. The molecule has 0 bridgehead atoms. The highest BCUT2D eigenvalue weighted by Gasteiger charge is 2.51. The first-order chi connectivity index (χ1) is 17.0. The van der Waals surface area contributed by atoms with Crippen LogP contribution in [0.5, 0.6) is 0 Å². The quantitative estimate of drug-likeness (QED) is 0.438. The van der Waals surface area contributed by atoms with Gasteiger partial charge in [-0.25, -0.2) is 14.6 Å². The van der Waals surface area contributed by atoms with E-state index in [9.17, 15) is 14.0 Å². The first kappa shape index (κ1) is 23.9. The lowest BCUT2D eigenvalue weighted by atomic mass is 9.74. The Morgan fingerprint density at radius 2 is 1.74 bits per heavy atom. The Balaban J connectivity index is 1.19. The van der Waals surface area contributed by atoms with Gasteiger partial charge in [-0.3, -0.25) is 15.5 Å². The second kappa shape index (κ2) is 10.4. The molecule has 3 saturated heterocycles. The molecule has 3 amide bonds. The van der Waals surface area contributed by atoms with E-state index in [4.69, 9.17) is 0 Å². The number of hydrogen-bond acceptors (Lipinski definition) is 5. The standard InChI is InChI=1S/C27H34FN5O2/c28-23-10-8-20(9-11-23)24-21(17-29-32-24)18-33-15-12-22(13-16-33)27(25(34)30-26(35)31-27)14-4-7-19-5-2-1-3-6-19/h1-3,5-6,8-11,21-22,24,29,32H,4,7,12-18H2,(H2,30,31,34,35). The second-order valence-electron chi connectivity index (χ2n) is 10.1. The van der Waals surface area contributed by atoms with Crippen molar-refractivity contribution in [2.45, 2.75) is 43.7 Å². The number of urea groups is 1. The predicted octanol–water partition coefficient (Wildman–Crippen LogP) is 2.90. The minimum atomic E-state index is -0.814. The van der Waals surface area contributed by atoms with Crippen LogP contribution in [-0.2, 0) is 11.2 Å². The minimum Gasteiger partial charge on any atom is -0.323 e. The van der Waals surface area contributed by atoms with E-state index in [1.165, 1.54) is 17.7 Å². The Bertz CT molecular complexity index is 1030. The Morgan fingerprint density at radius 1 is 1.00 bits per heavy atom. The highest BCUT2D eigenvalue weighted by molar-refractivity contribution is 6.07. The molecule has 186 valence electrons. The zero-order chi connectivity index (χ0) is 24.3. The summed E-state index contributed by atoms with van der Waals surface area (Å²) in [5, 5.41) is 5.53. The van der Waals surface area contributed by atoms with Crippen LogP contribution in [0.4, 0.5) is 9.18 Å². The molecule has 2 aromatic carbocycles. The van der Waals surface area contributed by atoms with Crippen LogP contribution in [0.2, 0.25) is 0 Å². The molecule has 3 aliphatic rings. The summed E-state index contributed by atoms with van der Waals surface area (Å²) in [6, 6.07) is 16.7. The van der Waals surface area contributed by atoms with Gasteiger partial charge in [0, 0.05) is 19.0 Å². The van der Waals surface area contributed by atoms with E-state index in [1.54, 1.807) is 0 Å². The number of halogens is 1. The number of amides is 3. The van der Waals surface area contributed by atoms with E-state index < -0.39 is 5.54 Å². The van der Waals surface area contributed by atoms with Gasteiger partial charge in [-0.15, -0.1) is 0 Å². The van der Waals surface area contributed by atoms with Gasteiger partial charge in [-0.2, -0.15) is 0 Å². The highest BCUT2D eigenvalue weighted by atomic mass is 19.1. The summed E-state index contributed by atoms with van der Waals surface area (Å²) in [4.78, 5) is 27.6. The first-order valence-corrected chi connectivity index (χ1v) is 12.7. The van der Waals surface area contributed by atoms with Gasteiger partial charge in [0.2, 0.25) is 0 Å². The second-order valence-corrected chi connectivity index (χ2v) is 10.1. The molecule has 35 heavy (non-hydrogen) atoms. The van der Waals surface area contributed by atoms with Crippen LogP contribution < -0.4 is 21.5 Å². The molecule has 4 N–H and O–H groups in total. The van der Waals surface area contributed by atoms with Crippen LogP contribution in [0.15, 0.2) is 54.6 Å². The normalized spacial score (nSPS) is 27.7. The average Bonchev–Trinajstić information content (AvgIpc) is 3.44. The summed E-state index contributed by atoms with van der Waals surface area (Å²) in [5.41, 5.74) is 8.12. The molecule has 3 fully saturated rings. The number of likely N-dealkylation sites (tertiary alicyclic amines) is 1. The van der Waals surface area contributed by atoms with Crippen molar-refractivity contribution in [2.24, 2.45) is 11.8 Å². The Morgan fingerprint density at radius 3 is 2.43 bits per heavy atom. The molecular weight excluding hydrogens is 445 g/mol. The van der Waals surface area contributed by atoms with Crippen LogP contribution in [0.3, 0.4) is 0 Å². The maximum absolute atomic E-state index is 13.4. The third-order valence-corrected chi connectivity index (χ3v) is 7.95. The third kappa shape index (κ3) is 5.24. The Labute approximate surface area is 205 Å². The van der Waals surface area contributed by atoms with Gasteiger partial charge in [0.15, 0.2) is 0 Å². The predicted molar refractivity (Wildman–Crippen MR) is 132 cm³/mol. The molecule has 2 aromatic rings. The molecule has 8 heteroatoms. The summed E-state index contributed by atoms with van der Waals surface area (Å²) >= 11 is 0. The minimum absolute atomic E-state index is 0.119. The number of rotatable bonds is 8. The number of benzene rings is 2. The van der Waals surface area contributed by atoms with Crippen molar-refractivity contribution < 1.29 is 14.0 Å². The van der Waals surface area contributed by atoms with Crippen LogP contribution >= 0.6 is 0 Å². The average molecular weight is 480 g/mol. The van der Waals surface area contributed by atoms with Crippen molar-refractivity contribution in [1.82, 2.24) is 26.4 Å². The van der Waals surface area contributed by atoms with E-state index in [0.717, 1.165) is 57.4 Å². The fourth-order valence-electron chi connectivity index (χ4n) is 6.06. The molecular formula is C27H34FN5O2. The lowest BCUT2D eigenvalue weighted by Gasteiger charge is -2.41. The fraction of sp³-hybridized carbons (Fsp3) is 0.481. The molecule has 0 radical (unpaired) electrons. The fourth-order valence-corrected chi connectivity index (χ4v) is 6.06. The van der Waals surface area contributed by atoms with Crippen LogP contribution in [-0.4, -0.2) is 48.6 Å². The van der Waals surface area contributed by atoms with E-state index in [-0.39, 0.29) is 29.7 Å². The van der Waals surface area contributed by atoms with Gasteiger partial charge in [0.25, 0.3) is 5.91 Å². The van der Waals surface area contributed by atoms with E-state index in [2.05, 4.69) is 38.5 Å². The number of carbonyl (C=O) groups excluding carboxylic acids is 2. The molecule has 0 spiro atoms. The number of piperidine rings is 1. The van der Waals surface area contributed by atoms with Crippen molar-refractivity contribution in [2.75, 3.05) is 26.2 Å². The van der Waals surface area contributed by atoms with Gasteiger partial charge >= 0.3 is 6.03 Å². The van der Waals surface area contributed by atoms with Crippen LogP contribution in [0, 0.1) is 17.7 Å². The molecule has 7 nitrogen and oxygen atoms in total. The van der Waals surface area contributed by atoms with E-state index in [1.807, 2.05) is 30.3 Å². The van der Waals surface area contributed by atoms with Crippen molar-refractivity contribution in [3.63, 3.8) is 0 Å². The van der Waals surface area contributed by atoms with Crippen molar-refractivity contribution >= 4 is 11.9 Å². The maximum atomic E-state index is 13.4. The molecule has 3 aliphatic heterocycles. The van der Waals surface area contributed by atoms with Crippen LogP contribution in [0.25, 0.3) is 0 Å². The van der Waals surface area contributed by atoms with Crippen molar-refractivity contribution in [3.8, 4) is 0 Å². The molecule has 0 aliphatic carbocycles. The van der Waals surface area contributed by atoms with Crippen LogP contribution in [0.1, 0.15) is 42.9 Å². The number of aryl methyl sites for hydroxylation is 1. The lowest BCUT2D eigenvalue weighted by Crippen LogP contribution is -2.56. The SMILES string of the molecule is O=C1NC(=O)C(CCCc2ccccc2)(C2CCN(CC3CNNC3c3ccc(F)cc3)CC2)N1. The third-order valence-electron chi connectivity index (χ3n) is 7.95. The largest absolute Gasteiger partial charge is 0.323 e. The smallest absolute Gasteiger partial charge is 0.322 e. The summed E-state index contributed by atoms with van der Waals surface area (Å²) in [6.45, 7) is 3.56. The molecule has 3 heterocycles. The molecule has 5 rings (SSSR count). The maximum Gasteiger partial charge on any atom is 0.322 e. The molecule has 0 saturated carbocycles. The van der Waals surface area contributed by atoms with Gasteiger partial charge in [-0.1, -0.05) is 42.5 Å². The zero-order valence-corrected chi connectivity index (χ0v) is 19.9. The summed E-state index contributed by atoms with van der Waals surface area (Å²) in [7, 11) is 0. The number of nitrogens with zero attached hydrogens (tertiary/aromatic N) is 1. The van der Waals surface area contributed by atoms with Gasteiger partial charge in [-0.05, 0) is 74.4 Å². The highest BCUT2D eigenvalue weighted by Crippen LogP contribution is 2.36. The number of hydrogen-bond donors (Lipinski definition) is 4. The lowest BCUT2D eigenvalue weighted by molar-refractivity contribution is -0.127. The number of hydrazine groups is 1. The van der Waals surface area contributed by atoms with E-state index >= 15 is 0 Å². The Hall–Kier alpha value is -2.81. The van der Waals surface area contributed by atoms with Crippen molar-refractivity contribution in [3.05, 3.63) is 71.5 Å². The number of nitrogens with one attached hydrogen (secondary N) is 4. The molecule has 3 unspecified atom stereocenters. The molecule has 3 atom stereocenters. The topological polar surface area (TPSA) is 85.5 Å². The van der Waals surface area contributed by atoms with Gasteiger partial charge in [0.1, 0.15) is 11.4 Å². The summed E-state index contributed by atoms with van der Waals surface area (Å²) < 4.78 is 13.4.